The minimum Gasteiger partial charge on any atom is -0.302 e. The normalized spacial score (nSPS) is 10.8. The van der Waals surface area contributed by atoms with E-state index in [2.05, 4.69) is 21.9 Å². The number of amides is 1. The van der Waals surface area contributed by atoms with Crippen LogP contribution in [-0.2, 0) is 11.2 Å². The fourth-order valence-electron chi connectivity index (χ4n) is 2.46. The lowest BCUT2D eigenvalue weighted by Crippen LogP contribution is -2.16. The van der Waals surface area contributed by atoms with E-state index >= 15 is 0 Å². The Morgan fingerprint density at radius 3 is 2.50 bits per heavy atom. The molecule has 0 atom stereocenters. The number of rotatable bonds is 5. The van der Waals surface area contributed by atoms with Gasteiger partial charge in [0.1, 0.15) is 17.3 Å². The van der Waals surface area contributed by atoms with Gasteiger partial charge < -0.3 is 5.32 Å². The number of nitrogens with zero attached hydrogens (tertiary/aromatic N) is 2. The number of halogens is 2. The van der Waals surface area contributed by atoms with Crippen molar-refractivity contribution in [3.8, 4) is 10.6 Å². The van der Waals surface area contributed by atoms with Gasteiger partial charge in [0.15, 0.2) is 5.13 Å². The molecule has 8 heteroatoms. The van der Waals surface area contributed by atoms with Gasteiger partial charge in [0.05, 0.1) is 26.9 Å². The number of carbonyl (C=O) groups excluding carboxylic acids is 1. The summed E-state index contributed by atoms with van der Waals surface area (Å²) in [6, 6.07) is 3.50. The molecule has 1 N–H and O–H groups in total. The van der Waals surface area contributed by atoms with Crippen LogP contribution in [0.5, 0.6) is 0 Å². The average molecular weight is 391 g/mol. The highest BCUT2D eigenvalue weighted by Gasteiger charge is 2.19. The van der Waals surface area contributed by atoms with Crippen molar-refractivity contribution >= 4 is 39.8 Å². The predicted octanol–water partition coefficient (Wildman–Crippen LogP) is 4.99. The number of aryl methyl sites for hydroxylation is 2. The van der Waals surface area contributed by atoms with E-state index in [9.17, 15) is 13.6 Å². The van der Waals surface area contributed by atoms with Crippen LogP contribution in [0.25, 0.3) is 16.6 Å². The fourth-order valence-corrected chi connectivity index (χ4v) is 4.29. The van der Waals surface area contributed by atoms with E-state index in [4.69, 9.17) is 0 Å². The number of benzene rings is 1. The molecule has 3 aromatic rings. The maximum atomic E-state index is 13.7. The van der Waals surface area contributed by atoms with Crippen molar-refractivity contribution in [2.45, 2.75) is 20.3 Å². The van der Waals surface area contributed by atoms with Gasteiger partial charge in [-0.2, -0.15) is 0 Å². The molecule has 3 rings (SSSR count). The highest BCUT2D eigenvalue weighted by Crippen LogP contribution is 2.37. The maximum Gasteiger partial charge on any atom is 0.230 e. The maximum absolute atomic E-state index is 13.7. The first-order valence-corrected chi connectivity index (χ1v) is 9.32. The second-order valence-corrected chi connectivity index (χ2v) is 7.74. The number of hydrogen-bond acceptors (Lipinski definition) is 5. The van der Waals surface area contributed by atoms with Crippen LogP contribution in [-0.4, -0.2) is 15.9 Å². The molecule has 2 aromatic heterocycles. The van der Waals surface area contributed by atoms with E-state index in [1.54, 1.807) is 6.08 Å². The van der Waals surface area contributed by atoms with Crippen molar-refractivity contribution in [1.82, 2.24) is 9.97 Å². The van der Waals surface area contributed by atoms with E-state index in [1.165, 1.54) is 28.7 Å². The van der Waals surface area contributed by atoms with Crippen molar-refractivity contribution in [2.24, 2.45) is 0 Å². The zero-order valence-corrected chi connectivity index (χ0v) is 15.7. The smallest absolute Gasteiger partial charge is 0.230 e. The van der Waals surface area contributed by atoms with Crippen LogP contribution in [0.2, 0.25) is 0 Å². The summed E-state index contributed by atoms with van der Waals surface area (Å²) in [5.74, 6) is -2.04. The standard InChI is InChI=1S/C18H15F2N3OS2/c1-4-14-16(17-9(2)21-10(3)25-17)23-18(26-14)22-15(24)8-11-12(19)6-5-7-13(11)20/h4-7H,1,8H2,2-3H3,(H,22,23,24). The predicted molar refractivity (Wildman–Crippen MR) is 101 cm³/mol. The van der Waals surface area contributed by atoms with E-state index in [-0.39, 0.29) is 5.56 Å². The van der Waals surface area contributed by atoms with Crippen molar-refractivity contribution in [1.29, 1.82) is 0 Å². The Balaban J connectivity index is 1.83. The fraction of sp³-hybridized carbons (Fsp3) is 0.167. The van der Waals surface area contributed by atoms with Gasteiger partial charge in [-0.3, -0.25) is 4.79 Å². The lowest BCUT2D eigenvalue weighted by Gasteiger charge is -2.04. The summed E-state index contributed by atoms with van der Waals surface area (Å²) in [5.41, 5.74) is 1.28. The lowest BCUT2D eigenvalue weighted by atomic mass is 10.1. The summed E-state index contributed by atoms with van der Waals surface area (Å²) in [6.45, 7) is 7.58. The minimum absolute atomic E-state index is 0.264. The molecule has 1 amide bonds. The number of nitrogens with one attached hydrogen (secondary N) is 1. The SMILES string of the molecule is C=Cc1sc(NC(=O)Cc2c(F)cccc2F)nc1-c1sc(C)nc1C. The van der Waals surface area contributed by atoms with Crippen molar-refractivity contribution in [2.75, 3.05) is 5.32 Å². The van der Waals surface area contributed by atoms with Crippen LogP contribution < -0.4 is 5.32 Å². The molecule has 0 saturated heterocycles. The molecular weight excluding hydrogens is 376 g/mol. The molecule has 0 spiro atoms. The molecule has 0 aliphatic carbocycles. The number of anilines is 1. The molecular formula is C18H15F2N3OS2. The third kappa shape index (κ3) is 3.71. The van der Waals surface area contributed by atoms with E-state index in [0.29, 0.717) is 10.8 Å². The van der Waals surface area contributed by atoms with E-state index < -0.39 is 24.0 Å². The first-order chi connectivity index (χ1) is 12.4. The zero-order chi connectivity index (χ0) is 18.8. The molecule has 0 radical (unpaired) electrons. The topological polar surface area (TPSA) is 54.9 Å². The van der Waals surface area contributed by atoms with Crippen LogP contribution >= 0.6 is 22.7 Å². The summed E-state index contributed by atoms with van der Waals surface area (Å²) < 4.78 is 27.4. The van der Waals surface area contributed by atoms with Gasteiger partial charge in [0.25, 0.3) is 0 Å². The van der Waals surface area contributed by atoms with E-state index in [1.807, 2.05) is 13.8 Å². The van der Waals surface area contributed by atoms with Crippen molar-refractivity contribution in [3.63, 3.8) is 0 Å². The van der Waals surface area contributed by atoms with Crippen LogP contribution in [0.15, 0.2) is 24.8 Å². The summed E-state index contributed by atoms with van der Waals surface area (Å²) in [4.78, 5) is 22.7. The molecule has 0 bridgehead atoms. The quantitative estimate of drug-likeness (QED) is 0.667. The van der Waals surface area contributed by atoms with Gasteiger partial charge in [0.2, 0.25) is 5.91 Å². The number of aromatic nitrogens is 2. The Hall–Kier alpha value is -2.45. The first kappa shape index (κ1) is 18.3. The number of hydrogen-bond donors (Lipinski definition) is 1. The molecule has 4 nitrogen and oxygen atoms in total. The second kappa shape index (κ2) is 7.43. The van der Waals surface area contributed by atoms with Crippen LogP contribution in [0, 0.1) is 25.5 Å². The molecule has 0 unspecified atom stereocenters. The Morgan fingerprint density at radius 1 is 1.23 bits per heavy atom. The first-order valence-electron chi connectivity index (χ1n) is 7.69. The van der Waals surface area contributed by atoms with Crippen molar-refractivity contribution in [3.05, 3.63) is 57.6 Å². The number of carbonyl (C=O) groups is 1. The second-order valence-electron chi connectivity index (χ2n) is 5.51. The summed E-state index contributed by atoms with van der Waals surface area (Å²) >= 11 is 2.76. The van der Waals surface area contributed by atoms with Crippen molar-refractivity contribution < 1.29 is 13.6 Å². The Labute approximate surface area is 157 Å². The van der Waals surface area contributed by atoms with Gasteiger partial charge in [-0.1, -0.05) is 24.0 Å². The largest absolute Gasteiger partial charge is 0.302 e. The van der Waals surface area contributed by atoms with Crippen LogP contribution in [0.4, 0.5) is 13.9 Å². The minimum atomic E-state index is -0.748. The highest BCUT2D eigenvalue weighted by molar-refractivity contribution is 7.18. The molecule has 2 heterocycles. The summed E-state index contributed by atoms with van der Waals surface area (Å²) in [5, 5.41) is 3.87. The molecule has 0 saturated carbocycles. The molecule has 26 heavy (non-hydrogen) atoms. The third-order valence-corrected chi connectivity index (χ3v) is 5.65. The molecule has 1 aromatic carbocycles. The summed E-state index contributed by atoms with van der Waals surface area (Å²) in [7, 11) is 0. The van der Waals surface area contributed by atoms with E-state index in [0.717, 1.165) is 32.6 Å². The monoisotopic (exact) mass is 391 g/mol. The highest BCUT2D eigenvalue weighted by atomic mass is 32.1. The molecule has 0 fully saturated rings. The Kier molecular flexibility index (Phi) is 5.24. The van der Waals surface area contributed by atoms with Crippen LogP contribution in [0.1, 0.15) is 21.1 Å². The molecule has 0 aliphatic heterocycles. The molecule has 0 aliphatic rings. The average Bonchev–Trinajstić information content (AvgIpc) is 3.13. The van der Waals surface area contributed by atoms with Gasteiger partial charge in [-0.15, -0.1) is 11.3 Å². The van der Waals surface area contributed by atoms with Gasteiger partial charge in [-0.05, 0) is 32.1 Å². The number of thiazole rings is 2. The zero-order valence-electron chi connectivity index (χ0n) is 14.1. The van der Waals surface area contributed by atoms with Crippen LogP contribution in [0.3, 0.4) is 0 Å². The lowest BCUT2D eigenvalue weighted by molar-refractivity contribution is -0.115. The molecule has 134 valence electrons. The third-order valence-electron chi connectivity index (χ3n) is 3.60. The van der Waals surface area contributed by atoms with Gasteiger partial charge >= 0.3 is 0 Å². The van der Waals surface area contributed by atoms with Gasteiger partial charge in [0, 0.05) is 5.56 Å². The Morgan fingerprint density at radius 2 is 1.92 bits per heavy atom. The summed E-state index contributed by atoms with van der Waals surface area (Å²) in [6.07, 6.45) is 1.25. The Bertz CT molecular complexity index is 974. The van der Waals surface area contributed by atoms with Gasteiger partial charge in [-0.25, -0.2) is 18.7 Å².